The first-order valence-electron chi connectivity index (χ1n) is 5.83. The molecule has 0 aliphatic heterocycles. The van der Waals surface area contributed by atoms with Crippen molar-refractivity contribution in [2.24, 2.45) is 0 Å². The number of nitriles is 1. The molecular formula is C15H10BrFN2O. The predicted molar refractivity (Wildman–Crippen MR) is 77.6 cm³/mol. The molecule has 0 spiro atoms. The van der Waals surface area contributed by atoms with Gasteiger partial charge in [0.05, 0.1) is 23.7 Å². The van der Waals surface area contributed by atoms with E-state index in [1.807, 2.05) is 6.07 Å². The number of amides is 1. The van der Waals surface area contributed by atoms with Gasteiger partial charge in [-0.3, -0.25) is 4.79 Å². The molecule has 0 saturated carbocycles. The topological polar surface area (TPSA) is 52.9 Å². The van der Waals surface area contributed by atoms with Gasteiger partial charge in [-0.1, -0.05) is 18.2 Å². The Labute approximate surface area is 124 Å². The lowest BCUT2D eigenvalue weighted by atomic mass is 10.1. The molecule has 1 amide bonds. The Kier molecular flexibility index (Phi) is 4.49. The summed E-state index contributed by atoms with van der Waals surface area (Å²) in [6, 6.07) is 13.2. The summed E-state index contributed by atoms with van der Waals surface area (Å²) < 4.78 is 14.1. The molecule has 2 aromatic carbocycles. The van der Waals surface area contributed by atoms with Crippen molar-refractivity contribution < 1.29 is 9.18 Å². The van der Waals surface area contributed by atoms with Gasteiger partial charge in [0.25, 0.3) is 0 Å². The highest BCUT2D eigenvalue weighted by atomic mass is 79.9. The molecule has 2 rings (SSSR count). The summed E-state index contributed by atoms with van der Waals surface area (Å²) in [5, 5.41) is 11.2. The molecule has 0 unspecified atom stereocenters. The summed E-state index contributed by atoms with van der Waals surface area (Å²) in [6.45, 7) is 0. The number of halogens is 2. The molecule has 0 aromatic heterocycles. The summed E-state index contributed by atoms with van der Waals surface area (Å²) in [6.07, 6.45) is 0.118. The highest BCUT2D eigenvalue weighted by Crippen LogP contribution is 2.25. The first-order chi connectivity index (χ1) is 9.60. The molecule has 0 atom stereocenters. The fraction of sp³-hybridized carbons (Fsp3) is 0.0667. The minimum atomic E-state index is -0.493. The number of benzene rings is 2. The molecule has 100 valence electrons. The van der Waals surface area contributed by atoms with Gasteiger partial charge in [-0.2, -0.15) is 5.26 Å². The van der Waals surface area contributed by atoms with E-state index in [2.05, 4.69) is 21.2 Å². The number of carbonyl (C=O) groups excluding carboxylic acids is 1. The van der Waals surface area contributed by atoms with E-state index in [0.29, 0.717) is 10.0 Å². The van der Waals surface area contributed by atoms with E-state index in [4.69, 9.17) is 5.26 Å². The Morgan fingerprint density at radius 3 is 2.55 bits per heavy atom. The van der Waals surface area contributed by atoms with Crippen LogP contribution >= 0.6 is 15.9 Å². The third-order valence-corrected chi connectivity index (χ3v) is 3.34. The van der Waals surface area contributed by atoms with Gasteiger partial charge in [-0.15, -0.1) is 0 Å². The molecule has 0 radical (unpaired) electrons. The van der Waals surface area contributed by atoms with Gasteiger partial charge < -0.3 is 5.32 Å². The summed E-state index contributed by atoms with van der Waals surface area (Å²) in [7, 11) is 0. The van der Waals surface area contributed by atoms with Gasteiger partial charge >= 0.3 is 0 Å². The molecule has 20 heavy (non-hydrogen) atoms. The highest BCUT2D eigenvalue weighted by molar-refractivity contribution is 9.10. The number of rotatable bonds is 3. The molecule has 0 aliphatic carbocycles. The molecule has 5 heteroatoms. The van der Waals surface area contributed by atoms with Gasteiger partial charge in [0, 0.05) is 4.47 Å². The molecule has 2 aromatic rings. The molecular weight excluding hydrogens is 323 g/mol. The Morgan fingerprint density at radius 2 is 1.95 bits per heavy atom. The first-order valence-corrected chi connectivity index (χ1v) is 6.62. The smallest absolute Gasteiger partial charge is 0.228 e. The zero-order valence-electron chi connectivity index (χ0n) is 10.4. The second-order valence-electron chi connectivity index (χ2n) is 4.13. The van der Waals surface area contributed by atoms with Crippen LogP contribution < -0.4 is 5.32 Å². The van der Waals surface area contributed by atoms with E-state index in [9.17, 15) is 9.18 Å². The predicted octanol–water partition coefficient (Wildman–Crippen LogP) is 3.64. The van der Waals surface area contributed by atoms with Crippen molar-refractivity contribution in [1.82, 2.24) is 0 Å². The Hall–Kier alpha value is -2.19. The maximum atomic E-state index is 13.6. The Bertz CT molecular complexity index is 657. The molecule has 0 heterocycles. The summed E-state index contributed by atoms with van der Waals surface area (Å²) >= 11 is 3.19. The third kappa shape index (κ3) is 3.43. The van der Waals surface area contributed by atoms with Crippen molar-refractivity contribution in [2.75, 3.05) is 5.32 Å². The third-order valence-electron chi connectivity index (χ3n) is 2.67. The van der Waals surface area contributed by atoms with Crippen LogP contribution in [-0.2, 0) is 11.2 Å². The maximum Gasteiger partial charge on any atom is 0.228 e. The monoisotopic (exact) mass is 332 g/mol. The largest absolute Gasteiger partial charge is 0.322 e. The minimum Gasteiger partial charge on any atom is -0.322 e. The summed E-state index contributed by atoms with van der Waals surface area (Å²) in [5.74, 6) is -0.812. The fourth-order valence-electron chi connectivity index (χ4n) is 1.68. The van der Waals surface area contributed by atoms with E-state index in [-0.39, 0.29) is 18.0 Å². The van der Waals surface area contributed by atoms with Crippen LogP contribution in [0.15, 0.2) is 46.9 Å². The second kappa shape index (κ2) is 6.31. The molecule has 0 aliphatic rings. The van der Waals surface area contributed by atoms with Crippen molar-refractivity contribution in [1.29, 1.82) is 5.26 Å². The number of hydrogen-bond donors (Lipinski definition) is 1. The second-order valence-corrected chi connectivity index (χ2v) is 4.98. The summed E-state index contributed by atoms with van der Waals surface area (Å²) in [4.78, 5) is 11.9. The van der Waals surface area contributed by atoms with Crippen molar-refractivity contribution >= 4 is 27.5 Å². The van der Waals surface area contributed by atoms with Crippen LogP contribution in [-0.4, -0.2) is 5.91 Å². The van der Waals surface area contributed by atoms with Gasteiger partial charge in [0.1, 0.15) is 5.82 Å². The van der Waals surface area contributed by atoms with Gasteiger partial charge in [0.15, 0.2) is 0 Å². The number of carbonyl (C=O) groups is 1. The number of para-hydroxylation sites is 1. The normalized spacial score (nSPS) is 9.85. The number of nitrogens with one attached hydrogen (secondary N) is 1. The van der Waals surface area contributed by atoms with Crippen LogP contribution in [0.2, 0.25) is 0 Å². The minimum absolute atomic E-state index is 0.118. The molecule has 0 fully saturated rings. The zero-order chi connectivity index (χ0) is 14.5. The molecule has 0 saturated heterocycles. The molecule has 1 N–H and O–H groups in total. The highest BCUT2D eigenvalue weighted by Gasteiger charge is 2.10. The maximum absolute atomic E-state index is 13.6. The number of anilines is 1. The van der Waals surface area contributed by atoms with Crippen LogP contribution in [0.1, 0.15) is 11.1 Å². The van der Waals surface area contributed by atoms with Gasteiger partial charge in [-0.05, 0) is 45.8 Å². The average molecular weight is 333 g/mol. The van der Waals surface area contributed by atoms with Crippen molar-refractivity contribution in [2.45, 2.75) is 6.42 Å². The van der Waals surface area contributed by atoms with E-state index in [1.165, 1.54) is 6.07 Å². The van der Waals surface area contributed by atoms with Crippen LogP contribution in [0, 0.1) is 17.1 Å². The quantitative estimate of drug-likeness (QED) is 0.932. The standard InChI is InChI=1S/C15H10BrFN2O/c16-12-2-1-3-13(17)15(12)19-14(20)8-10-4-6-11(9-18)7-5-10/h1-7H,8H2,(H,19,20). The van der Waals surface area contributed by atoms with Crippen LogP contribution in [0.3, 0.4) is 0 Å². The van der Waals surface area contributed by atoms with Crippen molar-refractivity contribution in [3.8, 4) is 6.07 Å². The van der Waals surface area contributed by atoms with Crippen molar-refractivity contribution in [3.63, 3.8) is 0 Å². The van der Waals surface area contributed by atoms with E-state index in [0.717, 1.165) is 5.56 Å². The SMILES string of the molecule is N#Cc1ccc(CC(=O)Nc2c(F)cccc2Br)cc1. The first kappa shape index (κ1) is 14.2. The molecule has 0 bridgehead atoms. The van der Waals surface area contributed by atoms with Gasteiger partial charge in [-0.25, -0.2) is 4.39 Å². The van der Waals surface area contributed by atoms with E-state index < -0.39 is 5.82 Å². The number of nitrogens with zero attached hydrogens (tertiary/aromatic N) is 1. The van der Waals surface area contributed by atoms with Crippen LogP contribution in [0.4, 0.5) is 10.1 Å². The number of hydrogen-bond acceptors (Lipinski definition) is 2. The van der Waals surface area contributed by atoms with Crippen molar-refractivity contribution in [3.05, 3.63) is 63.9 Å². The zero-order valence-corrected chi connectivity index (χ0v) is 11.9. The van der Waals surface area contributed by atoms with E-state index >= 15 is 0 Å². The Morgan fingerprint density at radius 1 is 1.25 bits per heavy atom. The fourth-order valence-corrected chi connectivity index (χ4v) is 2.12. The average Bonchev–Trinajstić information content (AvgIpc) is 2.44. The molecule has 3 nitrogen and oxygen atoms in total. The lowest BCUT2D eigenvalue weighted by molar-refractivity contribution is -0.115. The van der Waals surface area contributed by atoms with Crippen LogP contribution in [0.5, 0.6) is 0 Å². The van der Waals surface area contributed by atoms with Gasteiger partial charge in [0.2, 0.25) is 5.91 Å². The lowest BCUT2D eigenvalue weighted by Gasteiger charge is -2.08. The Balaban J connectivity index is 2.07. The van der Waals surface area contributed by atoms with E-state index in [1.54, 1.807) is 36.4 Å². The van der Waals surface area contributed by atoms with Crippen LogP contribution in [0.25, 0.3) is 0 Å². The lowest BCUT2D eigenvalue weighted by Crippen LogP contribution is -2.15. The summed E-state index contributed by atoms with van der Waals surface area (Å²) in [5.41, 5.74) is 1.42.